The molecule has 1 heterocycles. The number of amides is 2. The Bertz CT molecular complexity index is 1220. The molecule has 1 aliphatic heterocycles. The minimum absolute atomic E-state index is 0.0577. The lowest BCUT2D eigenvalue weighted by molar-refractivity contribution is -0.123. The largest absolute Gasteiger partial charge is 0.457 e. The number of carbonyl (C=O) groups is 2. The molecule has 3 aromatic carbocycles. The summed E-state index contributed by atoms with van der Waals surface area (Å²) in [5.41, 5.74) is 8.35. The van der Waals surface area contributed by atoms with Gasteiger partial charge in [-0.05, 0) is 55.5 Å². The first-order valence-electron chi connectivity index (χ1n) is 10.6. The quantitative estimate of drug-likeness (QED) is 0.334. The number of aryl methyl sites for hydroxylation is 1. The van der Waals surface area contributed by atoms with E-state index >= 15 is 0 Å². The molecule has 0 spiro atoms. The van der Waals surface area contributed by atoms with Crippen LogP contribution in [0, 0.1) is 6.92 Å². The molecule has 0 bridgehead atoms. The Kier molecular flexibility index (Phi) is 6.83. The minimum Gasteiger partial charge on any atom is -0.457 e. The number of nitrogens with two attached hydrogens (primary N) is 1. The molecule has 172 valence electrons. The van der Waals surface area contributed by atoms with Gasteiger partial charge in [-0.2, -0.15) is 4.99 Å². The van der Waals surface area contributed by atoms with E-state index in [-0.39, 0.29) is 24.2 Å². The molecule has 9 heteroatoms. The molecule has 0 saturated carbocycles. The highest BCUT2D eigenvalue weighted by atomic mass is 16.5. The highest BCUT2D eigenvalue weighted by Gasteiger charge is 2.28. The fraction of sp³-hybridized carbons (Fsp3) is 0.120. The molecular formula is C25H24N6O3. The molecule has 0 fully saturated rings. The first-order valence-corrected chi connectivity index (χ1v) is 10.6. The van der Waals surface area contributed by atoms with Gasteiger partial charge in [-0.1, -0.05) is 35.9 Å². The summed E-state index contributed by atoms with van der Waals surface area (Å²) in [5.74, 6) is 0.731. The van der Waals surface area contributed by atoms with Crippen LogP contribution in [0.3, 0.4) is 0 Å². The van der Waals surface area contributed by atoms with E-state index in [1.165, 1.54) is 0 Å². The Morgan fingerprint density at radius 3 is 2.29 bits per heavy atom. The number of para-hydroxylation sites is 1. The van der Waals surface area contributed by atoms with Crippen molar-refractivity contribution in [3.05, 3.63) is 84.4 Å². The molecule has 0 radical (unpaired) electrons. The van der Waals surface area contributed by atoms with Crippen molar-refractivity contribution in [2.24, 2.45) is 15.7 Å². The van der Waals surface area contributed by atoms with Crippen LogP contribution in [-0.4, -0.2) is 29.8 Å². The van der Waals surface area contributed by atoms with E-state index in [2.05, 4.69) is 25.9 Å². The number of carbonyl (C=O) groups excluding carboxylic acids is 2. The van der Waals surface area contributed by atoms with Crippen molar-refractivity contribution in [3.63, 3.8) is 0 Å². The third kappa shape index (κ3) is 6.19. The van der Waals surface area contributed by atoms with Crippen molar-refractivity contribution < 1.29 is 14.3 Å². The van der Waals surface area contributed by atoms with Gasteiger partial charge in [0.15, 0.2) is 0 Å². The number of ether oxygens (including phenoxy) is 1. The molecule has 0 aliphatic carbocycles. The molecule has 34 heavy (non-hydrogen) atoms. The smallest absolute Gasteiger partial charge is 0.252 e. The first kappa shape index (κ1) is 22.5. The van der Waals surface area contributed by atoms with Crippen molar-refractivity contribution in [2.75, 3.05) is 10.6 Å². The van der Waals surface area contributed by atoms with E-state index in [0.717, 1.165) is 17.0 Å². The number of anilines is 2. The number of rotatable bonds is 6. The van der Waals surface area contributed by atoms with Crippen LogP contribution in [0.25, 0.3) is 0 Å². The van der Waals surface area contributed by atoms with Crippen LogP contribution in [0.1, 0.15) is 12.0 Å². The summed E-state index contributed by atoms with van der Waals surface area (Å²) in [6, 6.07) is 23.0. The van der Waals surface area contributed by atoms with Gasteiger partial charge in [0.1, 0.15) is 17.5 Å². The van der Waals surface area contributed by atoms with E-state index in [1.54, 1.807) is 24.3 Å². The number of hydrogen-bond donors (Lipinski definition) is 4. The molecule has 1 atom stereocenters. The number of guanidine groups is 2. The van der Waals surface area contributed by atoms with Crippen LogP contribution >= 0.6 is 0 Å². The molecule has 3 aromatic rings. The second kappa shape index (κ2) is 10.3. The Morgan fingerprint density at radius 2 is 1.59 bits per heavy atom. The third-order valence-electron chi connectivity index (χ3n) is 4.86. The lowest BCUT2D eigenvalue weighted by atomic mass is 10.2. The van der Waals surface area contributed by atoms with E-state index in [0.29, 0.717) is 11.4 Å². The van der Waals surface area contributed by atoms with E-state index < -0.39 is 11.9 Å². The summed E-state index contributed by atoms with van der Waals surface area (Å²) in [5, 5.41) is 8.22. The van der Waals surface area contributed by atoms with Gasteiger partial charge in [-0.3, -0.25) is 14.9 Å². The summed E-state index contributed by atoms with van der Waals surface area (Å²) >= 11 is 0. The van der Waals surface area contributed by atoms with E-state index in [4.69, 9.17) is 10.5 Å². The topological polar surface area (TPSA) is 130 Å². The van der Waals surface area contributed by atoms with Gasteiger partial charge in [0, 0.05) is 11.4 Å². The van der Waals surface area contributed by atoms with Gasteiger partial charge in [-0.15, -0.1) is 0 Å². The molecule has 4 rings (SSSR count). The van der Waals surface area contributed by atoms with Crippen LogP contribution in [0.5, 0.6) is 11.5 Å². The number of hydrogen-bond acceptors (Lipinski definition) is 5. The maximum absolute atomic E-state index is 12.4. The fourth-order valence-corrected chi connectivity index (χ4v) is 3.17. The zero-order valence-electron chi connectivity index (χ0n) is 18.5. The van der Waals surface area contributed by atoms with E-state index in [9.17, 15) is 9.59 Å². The van der Waals surface area contributed by atoms with Crippen LogP contribution in [0.2, 0.25) is 0 Å². The minimum atomic E-state index is -0.883. The number of aliphatic imine (C=N–C) groups is 2. The van der Waals surface area contributed by atoms with Crippen LogP contribution in [0.15, 0.2) is 88.8 Å². The number of benzene rings is 3. The molecule has 0 saturated heterocycles. The molecule has 5 N–H and O–H groups in total. The second-order valence-corrected chi connectivity index (χ2v) is 7.64. The average molecular weight is 457 g/mol. The molecule has 0 unspecified atom stereocenters. The molecule has 2 amide bonds. The lowest BCUT2D eigenvalue weighted by Gasteiger charge is -2.09. The third-order valence-corrected chi connectivity index (χ3v) is 4.86. The molecule has 1 aliphatic rings. The summed E-state index contributed by atoms with van der Waals surface area (Å²) in [6.07, 6.45) is -0.127. The van der Waals surface area contributed by atoms with E-state index in [1.807, 2.05) is 61.5 Å². The van der Waals surface area contributed by atoms with Gasteiger partial charge in [-0.25, -0.2) is 4.99 Å². The zero-order chi connectivity index (χ0) is 23.9. The zero-order valence-corrected chi connectivity index (χ0v) is 18.5. The Balaban J connectivity index is 1.31. The Hall–Kier alpha value is -4.66. The van der Waals surface area contributed by atoms with Crippen molar-refractivity contribution in [2.45, 2.75) is 19.4 Å². The number of nitrogens with one attached hydrogen (secondary N) is 3. The first-order chi connectivity index (χ1) is 16.4. The maximum Gasteiger partial charge on any atom is 0.252 e. The van der Waals surface area contributed by atoms with Crippen molar-refractivity contribution >= 4 is 35.1 Å². The Labute approximate surface area is 196 Å². The normalized spacial score (nSPS) is 15.3. The van der Waals surface area contributed by atoms with Gasteiger partial charge < -0.3 is 21.1 Å². The van der Waals surface area contributed by atoms with Gasteiger partial charge >= 0.3 is 0 Å². The predicted molar refractivity (Wildman–Crippen MR) is 132 cm³/mol. The standard InChI is InChI=1S/C25H24N6O3/c1-16-7-9-18(10-8-16)28-24(26)31-25-29-21(23(33)30-25)15-22(32)27-17-11-13-20(14-12-17)34-19-5-3-2-4-6-19/h2-14,21H,15H2,1H3,(H,27,32)(H4,26,28,29,30,31,33)/t21-/m0/s1. The van der Waals surface area contributed by atoms with Crippen molar-refractivity contribution in [1.29, 1.82) is 0 Å². The van der Waals surface area contributed by atoms with Crippen molar-refractivity contribution in [3.8, 4) is 11.5 Å². The van der Waals surface area contributed by atoms with Crippen LogP contribution < -0.4 is 26.4 Å². The molecular weight excluding hydrogens is 432 g/mol. The average Bonchev–Trinajstić information content (AvgIpc) is 3.15. The van der Waals surface area contributed by atoms with Crippen LogP contribution in [-0.2, 0) is 9.59 Å². The SMILES string of the molecule is Cc1ccc(NC(N)=NC2=N[C@@H](CC(=O)Nc3ccc(Oc4ccccc4)cc3)C(=O)N2)cc1. The second-order valence-electron chi connectivity index (χ2n) is 7.64. The monoisotopic (exact) mass is 456 g/mol. The summed E-state index contributed by atoms with van der Waals surface area (Å²) < 4.78 is 5.73. The highest BCUT2D eigenvalue weighted by Crippen LogP contribution is 2.23. The molecule has 9 nitrogen and oxygen atoms in total. The lowest BCUT2D eigenvalue weighted by Crippen LogP contribution is -2.32. The Morgan fingerprint density at radius 1 is 0.971 bits per heavy atom. The van der Waals surface area contributed by atoms with Gasteiger partial charge in [0.05, 0.1) is 6.42 Å². The predicted octanol–water partition coefficient (Wildman–Crippen LogP) is 3.40. The molecule has 0 aromatic heterocycles. The van der Waals surface area contributed by atoms with Crippen molar-refractivity contribution in [1.82, 2.24) is 5.32 Å². The van der Waals surface area contributed by atoms with Gasteiger partial charge in [0.2, 0.25) is 17.8 Å². The van der Waals surface area contributed by atoms with Gasteiger partial charge in [0.25, 0.3) is 5.91 Å². The summed E-state index contributed by atoms with van der Waals surface area (Å²) in [7, 11) is 0. The number of nitrogens with zero attached hydrogens (tertiary/aromatic N) is 2. The summed E-state index contributed by atoms with van der Waals surface area (Å²) in [4.78, 5) is 32.9. The summed E-state index contributed by atoms with van der Waals surface area (Å²) in [6.45, 7) is 1.98. The maximum atomic E-state index is 12.4. The van der Waals surface area contributed by atoms with Crippen LogP contribution in [0.4, 0.5) is 11.4 Å². The fourth-order valence-electron chi connectivity index (χ4n) is 3.17. The highest BCUT2D eigenvalue weighted by molar-refractivity contribution is 6.11.